The van der Waals surface area contributed by atoms with Crippen LogP contribution in [0.25, 0.3) is 0 Å². The molecule has 3 heteroatoms. The Hall–Kier alpha value is -1.48. The lowest BCUT2D eigenvalue weighted by Crippen LogP contribution is -2.40. The van der Waals surface area contributed by atoms with Crippen molar-refractivity contribution in [2.75, 3.05) is 6.54 Å². The van der Waals surface area contributed by atoms with E-state index in [4.69, 9.17) is 4.99 Å². The zero-order chi connectivity index (χ0) is 18.0. The van der Waals surface area contributed by atoms with Gasteiger partial charge in [-0.05, 0) is 67.8 Å². The molecule has 1 aromatic rings. The molecular weight excluding hydrogens is 320 g/mol. The molecule has 4 aliphatic carbocycles. The van der Waals surface area contributed by atoms with E-state index in [2.05, 4.69) is 49.5 Å². The fourth-order valence-corrected chi connectivity index (χ4v) is 7.28. The molecule has 4 saturated carbocycles. The molecule has 3 nitrogen and oxygen atoms in total. The number of piperidine rings is 1. The van der Waals surface area contributed by atoms with Crippen LogP contribution in [0.5, 0.6) is 0 Å². The number of nitrogens with zero attached hydrogens (tertiary/aromatic N) is 1. The Labute approximate surface area is 156 Å². The summed E-state index contributed by atoms with van der Waals surface area (Å²) in [5.74, 6) is 0.905. The molecule has 0 aromatic heterocycles. The molecule has 1 N–H and O–H groups in total. The van der Waals surface area contributed by atoms with E-state index >= 15 is 0 Å². The topological polar surface area (TPSA) is 41.5 Å². The number of rotatable bonds is 2. The third kappa shape index (κ3) is 2.22. The fraction of sp³-hybridized carbons (Fsp3) is 0.652. The number of carbonyl (C=O) groups is 1. The van der Waals surface area contributed by atoms with Gasteiger partial charge in [-0.3, -0.25) is 4.79 Å². The molecule has 1 heterocycles. The first-order valence-electron chi connectivity index (χ1n) is 10.3. The lowest BCUT2D eigenvalue weighted by atomic mass is 9.63. The molecule has 6 rings (SSSR count). The number of nitrogens with one attached hydrogen (secondary N) is 1. The van der Waals surface area contributed by atoms with E-state index in [-0.39, 0.29) is 22.2 Å². The molecule has 1 saturated heterocycles. The Morgan fingerprint density at radius 2 is 1.96 bits per heavy atom. The molecule has 5 aliphatic rings. The van der Waals surface area contributed by atoms with Gasteiger partial charge in [-0.15, -0.1) is 0 Å². The molecule has 5 atom stereocenters. The van der Waals surface area contributed by atoms with Crippen molar-refractivity contribution in [3.8, 4) is 0 Å². The van der Waals surface area contributed by atoms with Crippen molar-refractivity contribution in [3.63, 3.8) is 0 Å². The highest BCUT2D eigenvalue weighted by Gasteiger charge is 2.72. The van der Waals surface area contributed by atoms with E-state index < -0.39 is 0 Å². The quantitative estimate of drug-likeness (QED) is 0.866. The summed E-state index contributed by atoms with van der Waals surface area (Å²) >= 11 is 0. The Morgan fingerprint density at radius 1 is 1.15 bits per heavy atom. The largest absolute Gasteiger partial charge is 0.314 e. The maximum absolute atomic E-state index is 13.6. The smallest absolute Gasteiger partial charge is 0.252 e. The van der Waals surface area contributed by atoms with Crippen molar-refractivity contribution < 1.29 is 4.79 Å². The van der Waals surface area contributed by atoms with Gasteiger partial charge >= 0.3 is 0 Å². The second-order valence-corrected chi connectivity index (χ2v) is 9.91. The van der Waals surface area contributed by atoms with Crippen LogP contribution >= 0.6 is 0 Å². The highest BCUT2D eigenvalue weighted by Crippen LogP contribution is 2.76. The molecule has 0 radical (unpaired) electrons. The first-order valence-corrected chi connectivity index (χ1v) is 10.3. The van der Waals surface area contributed by atoms with E-state index in [0.717, 1.165) is 44.4 Å². The monoisotopic (exact) mass is 350 g/mol. The highest BCUT2D eigenvalue weighted by molar-refractivity contribution is 5.99. The van der Waals surface area contributed by atoms with Gasteiger partial charge in [0, 0.05) is 24.7 Å². The van der Waals surface area contributed by atoms with E-state index in [9.17, 15) is 4.79 Å². The summed E-state index contributed by atoms with van der Waals surface area (Å²) in [6.07, 6.45) is 7.58. The summed E-state index contributed by atoms with van der Waals surface area (Å²) in [7, 11) is 0. The van der Waals surface area contributed by atoms with Gasteiger partial charge in [0.25, 0.3) is 5.91 Å². The summed E-state index contributed by atoms with van der Waals surface area (Å²) in [6.45, 7) is 5.53. The molecule has 5 fully saturated rings. The van der Waals surface area contributed by atoms with Crippen LogP contribution < -0.4 is 5.32 Å². The van der Waals surface area contributed by atoms with Gasteiger partial charge < -0.3 is 5.32 Å². The van der Waals surface area contributed by atoms with Crippen LogP contribution in [-0.4, -0.2) is 24.2 Å². The predicted octanol–water partition coefficient (Wildman–Crippen LogP) is 4.26. The SMILES string of the molecule is C[C@H]1C/C(=N\C(=O)C23CC4CC(c5ccccc5)(CC2(C)C4)C3)CCN1. The van der Waals surface area contributed by atoms with Gasteiger partial charge in [0.2, 0.25) is 0 Å². The number of carbonyl (C=O) groups excluding carboxylic acids is 1. The minimum Gasteiger partial charge on any atom is -0.314 e. The third-order valence-electron chi connectivity index (χ3n) is 8.08. The van der Waals surface area contributed by atoms with Gasteiger partial charge in [-0.2, -0.15) is 0 Å². The van der Waals surface area contributed by atoms with Crippen molar-refractivity contribution >= 4 is 11.6 Å². The summed E-state index contributed by atoms with van der Waals surface area (Å²) in [6, 6.07) is 11.4. The first-order chi connectivity index (χ1) is 12.4. The Balaban J connectivity index is 1.51. The molecule has 0 spiro atoms. The summed E-state index contributed by atoms with van der Waals surface area (Å²) < 4.78 is 0. The van der Waals surface area contributed by atoms with E-state index in [1.165, 1.54) is 18.4 Å². The molecule has 1 aromatic carbocycles. The molecule has 26 heavy (non-hydrogen) atoms. The number of hydrogen-bond donors (Lipinski definition) is 1. The summed E-state index contributed by atoms with van der Waals surface area (Å²) in [4.78, 5) is 18.3. The minimum absolute atomic E-state index is 0.130. The summed E-state index contributed by atoms with van der Waals surface area (Å²) in [5.41, 5.74) is 2.69. The lowest BCUT2D eigenvalue weighted by Gasteiger charge is -2.40. The maximum atomic E-state index is 13.6. The van der Waals surface area contributed by atoms with Crippen molar-refractivity contribution in [2.45, 2.75) is 70.3 Å². The van der Waals surface area contributed by atoms with Gasteiger partial charge in [0.15, 0.2) is 0 Å². The molecule has 1 amide bonds. The van der Waals surface area contributed by atoms with Crippen molar-refractivity contribution in [1.29, 1.82) is 0 Å². The average Bonchev–Trinajstić information content (AvgIpc) is 2.93. The van der Waals surface area contributed by atoms with Crippen molar-refractivity contribution in [2.24, 2.45) is 21.7 Å². The van der Waals surface area contributed by atoms with Gasteiger partial charge in [-0.1, -0.05) is 37.3 Å². The zero-order valence-corrected chi connectivity index (χ0v) is 16.1. The standard InChI is InChI=1S/C23H30N2O/c1-16-10-19(8-9-24-16)25-20(26)23-13-17-11-21(23,2)14-22(12-17,15-23)18-6-4-3-5-7-18/h3-7,16-17,24H,8-15H2,1-2H3/b25-19-/t16-,17?,21?,22?,23?/m0/s1. The van der Waals surface area contributed by atoms with Crippen LogP contribution in [0.1, 0.15) is 64.4 Å². The fourth-order valence-electron chi connectivity index (χ4n) is 7.28. The second kappa shape index (κ2) is 5.51. The van der Waals surface area contributed by atoms with Crippen LogP contribution in [-0.2, 0) is 10.2 Å². The predicted molar refractivity (Wildman–Crippen MR) is 104 cm³/mol. The van der Waals surface area contributed by atoms with Crippen LogP contribution in [0.2, 0.25) is 0 Å². The second-order valence-electron chi connectivity index (χ2n) is 9.91. The van der Waals surface area contributed by atoms with E-state index in [0.29, 0.717) is 12.0 Å². The van der Waals surface area contributed by atoms with Crippen LogP contribution in [0.4, 0.5) is 0 Å². The van der Waals surface area contributed by atoms with Crippen molar-refractivity contribution in [3.05, 3.63) is 35.9 Å². The Bertz CT molecular complexity index is 772. The average molecular weight is 351 g/mol. The van der Waals surface area contributed by atoms with Gasteiger partial charge in [0.1, 0.15) is 0 Å². The number of aliphatic imine (C=N–C) groups is 1. The van der Waals surface area contributed by atoms with E-state index in [1.807, 2.05) is 0 Å². The Kier molecular flexibility index (Phi) is 3.54. The molecule has 138 valence electrons. The molecular formula is C23H30N2O. The van der Waals surface area contributed by atoms with Crippen LogP contribution in [0, 0.1) is 16.7 Å². The number of hydrogen-bond acceptors (Lipinski definition) is 2. The number of benzene rings is 1. The van der Waals surface area contributed by atoms with Crippen LogP contribution in [0.3, 0.4) is 0 Å². The van der Waals surface area contributed by atoms with Gasteiger partial charge in [0.05, 0.1) is 5.41 Å². The number of amides is 1. The third-order valence-corrected chi connectivity index (χ3v) is 8.08. The molecule has 1 aliphatic heterocycles. The lowest BCUT2D eigenvalue weighted by molar-refractivity contribution is -0.131. The molecule has 4 unspecified atom stereocenters. The van der Waals surface area contributed by atoms with E-state index in [1.54, 1.807) is 0 Å². The van der Waals surface area contributed by atoms with Crippen LogP contribution in [0.15, 0.2) is 35.3 Å². The summed E-state index contributed by atoms with van der Waals surface area (Å²) in [5, 5.41) is 3.46. The van der Waals surface area contributed by atoms with Crippen molar-refractivity contribution in [1.82, 2.24) is 5.32 Å². The minimum atomic E-state index is -0.215. The highest BCUT2D eigenvalue weighted by atomic mass is 16.1. The zero-order valence-electron chi connectivity index (χ0n) is 16.1. The first kappa shape index (κ1) is 16.7. The Morgan fingerprint density at radius 3 is 2.73 bits per heavy atom. The van der Waals surface area contributed by atoms with Gasteiger partial charge in [-0.25, -0.2) is 4.99 Å². The normalized spacial score (nSPS) is 45.4. The molecule has 4 bridgehead atoms. The maximum Gasteiger partial charge on any atom is 0.252 e.